The summed E-state index contributed by atoms with van der Waals surface area (Å²) in [6.45, 7) is 10.2. The summed E-state index contributed by atoms with van der Waals surface area (Å²) in [6.07, 6.45) is 5.00. The lowest BCUT2D eigenvalue weighted by molar-refractivity contribution is -0.146. The molecule has 0 atom stereocenters. The van der Waals surface area contributed by atoms with Gasteiger partial charge in [0.25, 0.3) is 20.2 Å². The molecule has 14 heteroatoms. The lowest BCUT2D eigenvalue weighted by Crippen LogP contribution is -2.48. The molecule has 0 radical (unpaired) electrons. The number of benzene rings is 2. The quantitative estimate of drug-likeness (QED) is 0.164. The van der Waals surface area contributed by atoms with E-state index in [1.54, 1.807) is 24.3 Å². The van der Waals surface area contributed by atoms with Crippen molar-refractivity contribution >= 4 is 49.1 Å². The maximum atomic E-state index is 13.7. The van der Waals surface area contributed by atoms with Gasteiger partial charge >= 0.3 is 5.97 Å². The number of hydrogen-bond acceptors (Lipinski definition) is 9. The number of nitrogens with zero attached hydrogens (tertiary/aromatic N) is 2. The van der Waals surface area contributed by atoms with Crippen LogP contribution in [0.5, 0.6) is 0 Å². The molecule has 2 aliphatic heterocycles. The number of unbranched alkanes of at least 4 members (excludes halogenated alkanes) is 2. The highest BCUT2D eigenvalue weighted by Crippen LogP contribution is 2.51. The molecule has 0 bridgehead atoms. The molecule has 0 amide bonds. The van der Waals surface area contributed by atoms with Gasteiger partial charge in [-0.2, -0.15) is 16.8 Å². The summed E-state index contributed by atoms with van der Waals surface area (Å²) in [5.74, 6) is -3.60. The van der Waals surface area contributed by atoms with Crippen LogP contribution in [0, 0.1) is 11.8 Å². The Morgan fingerprint density at radius 3 is 1.60 bits per heavy atom. The van der Waals surface area contributed by atoms with Crippen molar-refractivity contribution in [1.29, 1.82) is 0 Å². The first-order valence-corrected chi connectivity index (χ1v) is 18.6. The van der Waals surface area contributed by atoms with Gasteiger partial charge in [-0.15, -0.1) is 0 Å². The third-order valence-electron chi connectivity index (χ3n) is 9.79. The zero-order valence-electron chi connectivity index (χ0n) is 27.4. The molecular weight excluding hydrogens is 661 g/mol. The number of likely N-dealkylation sites (N-methyl/N-ethyl adjacent to an activating group) is 1. The number of ketones is 2. The number of allylic oxidation sites excluding steroid dienone is 4. The largest absolute Gasteiger partial charge is 0.481 e. The summed E-state index contributed by atoms with van der Waals surface area (Å²) < 4.78 is 67.0. The van der Waals surface area contributed by atoms with Gasteiger partial charge in [0.15, 0.2) is 11.6 Å². The lowest BCUT2D eigenvalue weighted by atomic mass is 9.69. The van der Waals surface area contributed by atoms with Crippen LogP contribution in [0.1, 0.15) is 71.4 Å². The Morgan fingerprint density at radius 2 is 1.19 bits per heavy atom. The lowest BCUT2D eigenvalue weighted by Gasteiger charge is -2.34. The van der Waals surface area contributed by atoms with Crippen LogP contribution in [0.25, 0.3) is 0 Å². The van der Waals surface area contributed by atoms with Crippen molar-refractivity contribution in [3.63, 3.8) is 0 Å². The van der Waals surface area contributed by atoms with Gasteiger partial charge in [0.1, 0.15) is 0 Å². The van der Waals surface area contributed by atoms with Crippen molar-refractivity contribution in [2.75, 3.05) is 22.9 Å². The molecule has 1 fully saturated rings. The minimum atomic E-state index is -4.50. The zero-order chi connectivity index (χ0) is 35.6. The predicted octanol–water partition coefficient (Wildman–Crippen LogP) is 4.89. The smallest absolute Gasteiger partial charge is 0.303 e. The highest BCUT2D eigenvalue weighted by Gasteiger charge is 2.51. The van der Waals surface area contributed by atoms with Crippen molar-refractivity contribution in [2.45, 2.75) is 80.9 Å². The predicted molar refractivity (Wildman–Crippen MR) is 178 cm³/mol. The van der Waals surface area contributed by atoms with E-state index in [1.807, 2.05) is 44.4 Å². The standard InChI is InChI=1S/C34H40N2O10S2/c1-6-35-26-13-11-20(47(41,42)43)16-24(26)33(2,3)28(35)18-22-31(39)23(32(22)40)19-29-34(4,5)25-17-21(48(44,45)46)12-14-27(25)36(29)15-9-7-8-10-30(37)38/h11-14,16-19,22-23H,6-10,15H2,1-5H3,(H,37,38)(H,41,42,43)(H,44,45,46)/b28-18+,29-19+. The Hall–Kier alpha value is -3.85. The van der Waals surface area contributed by atoms with E-state index in [0.29, 0.717) is 66.2 Å². The van der Waals surface area contributed by atoms with E-state index in [4.69, 9.17) is 5.11 Å². The maximum absolute atomic E-state index is 13.7. The van der Waals surface area contributed by atoms with E-state index < -0.39 is 48.9 Å². The summed E-state index contributed by atoms with van der Waals surface area (Å²) in [5, 5.41) is 9.00. The van der Waals surface area contributed by atoms with Crippen LogP contribution >= 0.6 is 0 Å². The molecule has 0 aromatic heterocycles. The van der Waals surface area contributed by atoms with Crippen LogP contribution in [0.4, 0.5) is 11.4 Å². The Kier molecular flexibility index (Phi) is 9.04. The van der Waals surface area contributed by atoms with Gasteiger partial charge in [0.05, 0.1) is 21.6 Å². The summed E-state index contributed by atoms with van der Waals surface area (Å²) in [4.78, 5) is 41.8. The third-order valence-corrected chi connectivity index (χ3v) is 11.5. The first-order chi connectivity index (χ1) is 22.2. The molecule has 1 saturated carbocycles. The molecule has 1 aliphatic carbocycles. The molecule has 2 aromatic carbocycles. The minimum absolute atomic E-state index is 0.0313. The number of Topliss-reactive ketones (excluding diaryl/α,β-unsaturated/α-hetero) is 2. The summed E-state index contributed by atoms with van der Waals surface area (Å²) in [5.41, 5.74) is 2.28. The van der Waals surface area contributed by atoms with Crippen molar-refractivity contribution in [3.8, 4) is 0 Å². The van der Waals surface area contributed by atoms with Crippen molar-refractivity contribution in [3.05, 3.63) is 71.1 Å². The fraction of sp³-hybridized carbons (Fsp3) is 0.441. The average Bonchev–Trinajstić information content (AvgIpc) is 3.34. The fourth-order valence-corrected chi connectivity index (χ4v) is 8.16. The molecule has 2 heterocycles. The number of carbonyl (C=O) groups is 3. The van der Waals surface area contributed by atoms with E-state index in [-0.39, 0.29) is 27.8 Å². The van der Waals surface area contributed by atoms with Gasteiger partial charge in [-0.1, -0.05) is 34.1 Å². The average molecular weight is 701 g/mol. The van der Waals surface area contributed by atoms with Gasteiger partial charge in [0, 0.05) is 53.1 Å². The SMILES string of the molecule is CCN1/C(=C/C2C(=O)C(/C=C3/N(CCCCCC(=O)O)c4ccc(S(=O)(=O)O)cc4C3(C)C)C2=O)C(C)(C)c2cc(S(=O)(=O)O)ccc21. The number of anilines is 2. The van der Waals surface area contributed by atoms with Crippen LogP contribution in [0.15, 0.2) is 69.7 Å². The Morgan fingerprint density at radius 1 is 0.750 bits per heavy atom. The molecular formula is C34H40N2O10S2. The highest BCUT2D eigenvalue weighted by atomic mass is 32.2. The molecule has 258 valence electrons. The van der Waals surface area contributed by atoms with Crippen LogP contribution in [0.3, 0.4) is 0 Å². The first-order valence-electron chi connectivity index (χ1n) is 15.7. The number of carboxylic acids is 1. The monoisotopic (exact) mass is 700 g/mol. The maximum Gasteiger partial charge on any atom is 0.303 e. The van der Waals surface area contributed by atoms with Gasteiger partial charge in [-0.3, -0.25) is 23.5 Å². The molecule has 0 spiro atoms. The third kappa shape index (κ3) is 6.10. The minimum Gasteiger partial charge on any atom is -0.481 e. The molecule has 2 aromatic rings. The number of hydrogen-bond donors (Lipinski definition) is 3. The zero-order valence-corrected chi connectivity index (χ0v) is 29.1. The number of rotatable bonds is 11. The number of aliphatic carboxylic acids is 1. The Balaban J connectivity index is 1.47. The van der Waals surface area contributed by atoms with Gasteiger partial charge in [0.2, 0.25) is 0 Å². The van der Waals surface area contributed by atoms with Crippen molar-refractivity contribution < 1.29 is 45.4 Å². The molecule has 3 N–H and O–H groups in total. The van der Waals surface area contributed by atoms with Gasteiger partial charge in [-0.05, 0) is 79.4 Å². The van der Waals surface area contributed by atoms with Gasteiger partial charge in [-0.25, -0.2) is 0 Å². The first kappa shape index (κ1) is 35.5. The summed E-state index contributed by atoms with van der Waals surface area (Å²) in [6, 6.07) is 8.61. The fourth-order valence-electron chi connectivity index (χ4n) is 7.15. The number of carboxylic acid groups (broad SMARTS) is 1. The molecule has 12 nitrogen and oxygen atoms in total. The molecule has 0 saturated heterocycles. The molecule has 3 aliphatic rings. The van der Waals surface area contributed by atoms with Crippen molar-refractivity contribution in [2.24, 2.45) is 11.8 Å². The van der Waals surface area contributed by atoms with Crippen LogP contribution < -0.4 is 9.80 Å². The van der Waals surface area contributed by atoms with E-state index in [2.05, 4.69) is 0 Å². The second-order valence-corrected chi connectivity index (χ2v) is 16.4. The Labute approximate surface area is 280 Å². The second-order valence-electron chi connectivity index (χ2n) is 13.5. The van der Waals surface area contributed by atoms with E-state index in [9.17, 15) is 40.3 Å². The molecule has 5 rings (SSSR count). The topological polar surface area (TPSA) is 187 Å². The normalized spacial score (nSPS) is 23.1. The molecule has 0 unspecified atom stereocenters. The number of carbonyl (C=O) groups excluding carboxylic acids is 2. The van der Waals surface area contributed by atoms with Gasteiger partial charge < -0.3 is 14.9 Å². The summed E-state index contributed by atoms with van der Waals surface area (Å²) >= 11 is 0. The molecule has 48 heavy (non-hydrogen) atoms. The van der Waals surface area contributed by atoms with Crippen molar-refractivity contribution in [1.82, 2.24) is 0 Å². The second kappa shape index (κ2) is 12.2. The van der Waals surface area contributed by atoms with Crippen LogP contribution in [0.2, 0.25) is 0 Å². The van der Waals surface area contributed by atoms with Crippen LogP contribution in [-0.4, -0.2) is 61.7 Å². The van der Waals surface area contributed by atoms with Crippen LogP contribution in [-0.2, 0) is 45.4 Å². The van der Waals surface area contributed by atoms with E-state index in [1.165, 1.54) is 24.3 Å². The summed E-state index contributed by atoms with van der Waals surface area (Å²) in [7, 11) is -8.94. The van der Waals surface area contributed by atoms with E-state index >= 15 is 0 Å². The highest BCUT2D eigenvalue weighted by molar-refractivity contribution is 7.86. The Bertz CT molecular complexity index is 1980. The number of fused-ring (bicyclic) bond motifs is 2. The van der Waals surface area contributed by atoms with E-state index in [0.717, 1.165) is 0 Å².